The van der Waals surface area contributed by atoms with Crippen LogP contribution >= 0.6 is 0 Å². The molecule has 0 radical (unpaired) electrons. The molecule has 0 aliphatic heterocycles. The maximum Gasteiger partial charge on any atom is 0.206 e. The largest absolute Gasteiger partial charge is 0.339 e. The molecule has 0 N–H and O–H groups in total. The standard InChI is InChI=1S/C22H24N2Si.C13H13B/c1-3-4-17-25(19-24-16-15-23-18-24,22-13-9-6-10-14-22)20(2)21-11-7-5-8-12-21;1-14(12-8-4-2-5-9-12)13-10-6-3-7-11-13/h4-18H,2-3,19H2,1H3;2-11H,1H3. The monoisotopic (exact) mass is 524 g/mol. The van der Waals surface area contributed by atoms with Crippen LogP contribution in [0.4, 0.5) is 0 Å². The second-order valence-corrected chi connectivity index (χ2v) is 13.5. The van der Waals surface area contributed by atoms with Crippen LogP contribution in [0.5, 0.6) is 0 Å². The van der Waals surface area contributed by atoms with E-state index in [-0.39, 0.29) is 0 Å². The van der Waals surface area contributed by atoms with Gasteiger partial charge < -0.3 is 4.57 Å². The maximum atomic E-state index is 4.58. The van der Waals surface area contributed by atoms with Crippen LogP contribution in [0.2, 0.25) is 6.82 Å². The van der Waals surface area contributed by atoms with E-state index in [2.05, 4.69) is 163 Å². The van der Waals surface area contributed by atoms with Gasteiger partial charge in [0.15, 0.2) is 8.07 Å². The lowest BCUT2D eigenvalue weighted by Crippen LogP contribution is -2.51. The lowest BCUT2D eigenvalue weighted by Gasteiger charge is -2.32. The molecule has 5 rings (SSSR count). The fourth-order valence-electron chi connectivity index (χ4n) is 4.91. The van der Waals surface area contributed by atoms with Gasteiger partial charge in [0.25, 0.3) is 0 Å². The zero-order valence-corrected chi connectivity index (χ0v) is 24.0. The second-order valence-electron chi connectivity index (χ2n) is 9.77. The first-order valence-electron chi connectivity index (χ1n) is 13.7. The average molecular weight is 525 g/mol. The molecule has 5 aromatic rings. The molecule has 1 aromatic heterocycles. The van der Waals surface area contributed by atoms with Gasteiger partial charge in [-0.05, 0) is 22.4 Å². The summed E-state index contributed by atoms with van der Waals surface area (Å²) in [5, 5.41) is 2.61. The van der Waals surface area contributed by atoms with E-state index in [0.717, 1.165) is 12.6 Å². The predicted molar refractivity (Wildman–Crippen MR) is 173 cm³/mol. The van der Waals surface area contributed by atoms with Crippen molar-refractivity contribution in [1.29, 1.82) is 0 Å². The zero-order valence-electron chi connectivity index (χ0n) is 23.0. The van der Waals surface area contributed by atoms with Gasteiger partial charge >= 0.3 is 0 Å². The Morgan fingerprint density at radius 3 is 1.79 bits per heavy atom. The van der Waals surface area contributed by atoms with E-state index in [0.29, 0.717) is 6.71 Å². The molecule has 1 heterocycles. The molecule has 0 bridgehead atoms. The minimum atomic E-state index is -2.19. The molecular weight excluding hydrogens is 487 g/mol. The van der Waals surface area contributed by atoms with Crippen LogP contribution in [0.25, 0.3) is 5.20 Å². The summed E-state index contributed by atoms with van der Waals surface area (Å²) in [4.78, 5) is 4.24. The summed E-state index contributed by atoms with van der Waals surface area (Å²) < 4.78 is 2.19. The Morgan fingerprint density at radius 1 is 0.795 bits per heavy atom. The van der Waals surface area contributed by atoms with Crippen LogP contribution in [0.1, 0.15) is 18.9 Å². The van der Waals surface area contributed by atoms with E-state index in [1.54, 1.807) is 0 Å². The number of nitrogens with zero attached hydrogens (tertiary/aromatic N) is 2. The van der Waals surface area contributed by atoms with Crippen LogP contribution in [0.15, 0.2) is 158 Å². The van der Waals surface area contributed by atoms with Crippen molar-refractivity contribution in [3.05, 3.63) is 164 Å². The first kappa shape index (κ1) is 27.9. The summed E-state index contributed by atoms with van der Waals surface area (Å²) in [5.74, 6) is 0. The summed E-state index contributed by atoms with van der Waals surface area (Å²) in [6.45, 7) is 9.49. The van der Waals surface area contributed by atoms with Crippen molar-refractivity contribution in [3.63, 3.8) is 0 Å². The fourth-order valence-corrected chi connectivity index (χ4v) is 9.00. The SMILES string of the molecule is C=C(c1ccccc1)[Si](C=CCC)(Cn1ccnc1)c1ccccc1.CB(c1ccccc1)c1ccccc1. The van der Waals surface area contributed by atoms with Crippen LogP contribution in [0.3, 0.4) is 0 Å². The normalized spacial score (nSPS) is 12.3. The summed E-state index contributed by atoms with van der Waals surface area (Å²) in [5.41, 5.74) is 6.41. The van der Waals surface area contributed by atoms with E-state index in [4.69, 9.17) is 0 Å². The molecule has 0 aliphatic rings. The highest BCUT2D eigenvalue weighted by Crippen LogP contribution is 2.27. The molecule has 1 unspecified atom stereocenters. The summed E-state index contributed by atoms with van der Waals surface area (Å²) in [6, 6.07) is 42.6. The first-order chi connectivity index (χ1) is 19.1. The molecule has 194 valence electrons. The maximum absolute atomic E-state index is 4.58. The molecule has 0 amide bonds. The van der Waals surface area contributed by atoms with Crippen LogP contribution in [-0.4, -0.2) is 24.3 Å². The van der Waals surface area contributed by atoms with E-state index in [1.165, 1.54) is 26.9 Å². The predicted octanol–water partition coefficient (Wildman–Crippen LogP) is 6.46. The molecule has 4 heteroatoms. The highest BCUT2D eigenvalue weighted by Gasteiger charge is 2.36. The van der Waals surface area contributed by atoms with E-state index < -0.39 is 8.07 Å². The smallest absolute Gasteiger partial charge is 0.206 e. The Balaban J connectivity index is 0.000000212. The van der Waals surface area contributed by atoms with Gasteiger partial charge in [0.1, 0.15) is 0 Å². The Labute approximate surface area is 235 Å². The third-order valence-corrected chi connectivity index (χ3v) is 11.6. The highest BCUT2D eigenvalue weighted by atomic mass is 28.3. The number of imidazole rings is 1. The van der Waals surface area contributed by atoms with Gasteiger partial charge in [-0.1, -0.05) is 164 Å². The van der Waals surface area contributed by atoms with Gasteiger partial charge in [-0.15, -0.1) is 0 Å². The van der Waals surface area contributed by atoms with Crippen molar-refractivity contribution < 1.29 is 0 Å². The Hall–Kier alpha value is -4.15. The number of hydrogen-bond acceptors (Lipinski definition) is 1. The fraction of sp³-hybridized carbons (Fsp3) is 0.114. The van der Waals surface area contributed by atoms with Gasteiger partial charge in [0.2, 0.25) is 6.71 Å². The van der Waals surface area contributed by atoms with Gasteiger partial charge in [0, 0.05) is 18.6 Å². The number of allylic oxidation sites excluding steroid dienone is 1. The van der Waals surface area contributed by atoms with Crippen molar-refractivity contribution in [1.82, 2.24) is 9.55 Å². The average Bonchev–Trinajstić information content (AvgIpc) is 3.54. The quantitative estimate of drug-likeness (QED) is 0.202. The summed E-state index contributed by atoms with van der Waals surface area (Å²) >= 11 is 0. The van der Waals surface area contributed by atoms with Gasteiger partial charge in [0.05, 0.1) is 6.33 Å². The van der Waals surface area contributed by atoms with Crippen molar-refractivity contribution in [2.45, 2.75) is 26.3 Å². The lowest BCUT2D eigenvalue weighted by molar-refractivity contribution is 0.862. The molecular formula is C35H37BN2Si. The molecule has 1 atom stereocenters. The van der Waals surface area contributed by atoms with Crippen molar-refractivity contribution in [2.24, 2.45) is 0 Å². The topological polar surface area (TPSA) is 17.8 Å². The summed E-state index contributed by atoms with van der Waals surface area (Å²) in [6.07, 6.45) is 10.0. The molecule has 0 aliphatic carbocycles. The van der Waals surface area contributed by atoms with Crippen LogP contribution in [-0.2, 0) is 6.17 Å². The van der Waals surface area contributed by atoms with Crippen LogP contribution in [0, 0.1) is 0 Å². The van der Waals surface area contributed by atoms with E-state index >= 15 is 0 Å². The van der Waals surface area contributed by atoms with Crippen molar-refractivity contribution in [2.75, 3.05) is 0 Å². The molecule has 39 heavy (non-hydrogen) atoms. The Morgan fingerprint density at radius 2 is 1.31 bits per heavy atom. The highest BCUT2D eigenvalue weighted by molar-refractivity contribution is 7.08. The first-order valence-corrected chi connectivity index (χ1v) is 16.0. The number of hydrogen-bond donors (Lipinski definition) is 0. The number of benzene rings is 4. The molecule has 4 aromatic carbocycles. The number of aromatic nitrogens is 2. The van der Waals surface area contributed by atoms with Crippen LogP contribution < -0.4 is 16.1 Å². The summed E-state index contributed by atoms with van der Waals surface area (Å²) in [7, 11) is -2.19. The second kappa shape index (κ2) is 14.1. The molecule has 0 spiro atoms. The van der Waals surface area contributed by atoms with Gasteiger partial charge in [-0.3, -0.25) is 0 Å². The molecule has 0 saturated heterocycles. The minimum Gasteiger partial charge on any atom is -0.339 e. The Kier molecular flexibility index (Phi) is 10.1. The number of rotatable bonds is 9. The molecule has 0 saturated carbocycles. The minimum absolute atomic E-state index is 0.484. The van der Waals surface area contributed by atoms with E-state index in [9.17, 15) is 0 Å². The molecule has 0 fully saturated rings. The van der Waals surface area contributed by atoms with Crippen molar-refractivity contribution in [3.8, 4) is 0 Å². The third kappa shape index (κ3) is 7.24. The van der Waals surface area contributed by atoms with Gasteiger partial charge in [-0.25, -0.2) is 4.98 Å². The zero-order chi connectivity index (χ0) is 27.3. The lowest BCUT2D eigenvalue weighted by atomic mass is 9.43. The molecule has 2 nitrogen and oxygen atoms in total. The van der Waals surface area contributed by atoms with E-state index in [1.807, 2.05) is 18.7 Å². The van der Waals surface area contributed by atoms with Crippen molar-refractivity contribution >= 4 is 36.1 Å². The Bertz CT molecular complexity index is 1380. The third-order valence-electron chi connectivity index (χ3n) is 7.18. The van der Waals surface area contributed by atoms with Gasteiger partial charge in [-0.2, -0.15) is 0 Å².